The predicted octanol–water partition coefficient (Wildman–Crippen LogP) is 4.97. The van der Waals surface area contributed by atoms with E-state index in [1.165, 1.54) is 19.2 Å². The second kappa shape index (κ2) is 9.82. The van der Waals surface area contributed by atoms with Crippen LogP contribution in [0.4, 0.5) is 10.1 Å². The molecule has 1 heterocycles. The first-order valence-electron chi connectivity index (χ1n) is 11.9. The highest BCUT2D eigenvalue weighted by atomic mass is 19.1. The van der Waals surface area contributed by atoms with Crippen LogP contribution in [0.2, 0.25) is 0 Å². The quantitative estimate of drug-likeness (QED) is 0.545. The van der Waals surface area contributed by atoms with Crippen LogP contribution in [-0.4, -0.2) is 45.4 Å². The highest BCUT2D eigenvalue weighted by Gasteiger charge is 2.54. The molecule has 1 saturated carbocycles. The summed E-state index contributed by atoms with van der Waals surface area (Å²) in [5.41, 5.74) is 2.62. The van der Waals surface area contributed by atoms with E-state index in [0.717, 1.165) is 22.4 Å². The second-order valence-corrected chi connectivity index (χ2v) is 9.55. The Morgan fingerprint density at radius 1 is 1.14 bits per heavy atom. The van der Waals surface area contributed by atoms with Crippen molar-refractivity contribution >= 4 is 23.1 Å². The van der Waals surface area contributed by atoms with Gasteiger partial charge in [0.2, 0.25) is 5.91 Å². The standard InChI is InChI=1S/C28H32FNO5/c1-17(2)26(31)30(3)21-10-11-24(33-4)23(14-21)19-15-28(35-16-19)13-12-22(27(32)34-5)25(28)18-6-8-20(29)9-7-18/h6-11,14-15,17,22,25H,12-13,16H2,1-5H3/t22-,25+,28+/m0/s1. The molecule has 0 saturated heterocycles. The molecule has 2 aromatic carbocycles. The lowest BCUT2D eigenvalue weighted by Gasteiger charge is -2.31. The topological polar surface area (TPSA) is 65.1 Å². The van der Waals surface area contributed by atoms with E-state index in [2.05, 4.69) is 6.08 Å². The number of rotatable bonds is 6. The summed E-state index contributed by atoms with van der Waals surface area (Å²) in [6.07, 6.45) is 3.31. The van der Waals surface area contributed by atoms with E-state index >= 15 is 0 Å². The Hall–Kier alpha value is -3.19. The Morgan fingerprint density at radius 3 is 2.49 bits per heavy atom. The Balaban J connectivity index is 1.76. The fraction of sp³-hybridized carbons (Fsp3) is 0.429. The van der Waals surface area contributed by atoms with Crippen molar-refractivity contribution in [1.29, 1.82) is 0 Å². The molecule has 1 spiro atoms. The van der Waals surface area contributed by atoms with Crippen LogP contribution in [0.3, 0.4) is 0 Å². The largest absolute Gasteiger partial charge is 0.496 e. The molecule has 2 aliphatic rings. The molecule has 2 aromatic rings. The number of carbonyl (C=O) groups is 2. The molecule has 3 atom stereocenters. The van der Waals surface area contributed by atoms with Crippen molar-refractivity contribution in [2.45, 2.75) is 38.2 Å². The normalized spacial score (nSPS) is 23.5. The smallest absolute Gasteiger partial charge is 0.309 e. The monoisotopic (exact) mass is 481 g/mol. The third-order valence-corrected chi connectivity index (χ3v) is 7.16. The van der Waals surface area contributed by atoms with Crippen LogP contribution in [0.1, 0.15) is 43.7 Å². The van der Waals surface area contributed by atoms with E-state index in [9.17, 15) is 14.0 Å². The molecule has 1 aliphatic carbocycles. The molecule has 186 valence electrons. The van der Waals surface area contributed by atoms with Gasteiger partial charge in [-0.15, -0.1) is 0 Å². The summed E-state index contributed by atoms with van der Waals surface area (Å²) >= 11 is 0. The average Bonchev–Trinajstić information content (AvgIpc) is 3.46. The van der Waals surface area contributed by atoms with Crippen LogP contribution >= 0.6 is 0 Å². The summed E-state index contributed by atoms with van der Waals surface area (Å²) in [6, 6.07) is 11.9. The molecule has 0 aromatic heterocycles. The number of hydrogen-bond acceptors (Lipinski definition) is 5. The molecular formula is C28H32FNO5. The van der Waals surface area contributed by atoms with E-state index in [1.807, 2.05) is 32.0 Å². The number of methoxy groups -OCH3 is 2. The number of carbonyl (C=O) groups excluding carboxylic acids is 2. The molecule has 1 amide bonds. The van der Waals surface area contributed by atoms with Crippen molar-refractivity contribution in [1.82, 2.24) is 0 Å². The van der Waals surface area contributed by atoms with E-state index in [-0.39, 0.29) is 29.5 Å². The first-order chi connectivity index (χ1) is 16.7. The lowest BCUT2D eigenvalue weighted by Crippen LogP contribution is -2.34. The fourth-order valence-electron chi connectivity index (χ4n) is 5.37. The number of hydrogen-bond donors (Lipinski definition) is 0. The van der Waals surface area contributed by atoms with Gasteiger partial charge in [-0.2, -0.15) is 0 Å². The molecule has 1 aliphatic heterocycles. The number of amides is 1. The lowest BCUT2D eigenvalue weighted by molar-refractivity contribution is -0.146. The molecule has 0 bridgehead atoms. The summed E-state index contributed by atoms with van der Waals surface area (Å²) in [4.78, 5) is 26.9. The van der Waals surface area contributed by atoms with Crippen molar-refractivity contribution in [3.63, 3.8) is 0 Å². The van der Waals surface area contributed by atoms with Gasteiger partial charge in [0, 0.05) is 30.1 Å². The van der Waals surface area contributed by atoms with Crippen molar-refractivity contribution in [2.75, 3.05) is 32.8 Å². The van der Waals surface area contributed by atoms with Crippen molar-refractivity contribution < 1.29 is 28.2 Å². The highest BCUT2D eigenvalue weighted by Crippen LogP contribution is 2.54. The van der Waals surface area contributed by atoms with Crippen LogP contribution in [0, 0.1) is 17.7 Å². The zero-order valence-electron chi connectivity index (χ0n) is 20.8. The Bertz CT molecular complexity index is 1140. The van der Waals surface area contributed by atoms with Gasteiger partial charge in [-0.25, -0.2) is 4.39 Å². The number of benzene rings is 2. The summed E-state index contributed by atoms with van der Waals surface area (Å²) in [7, 11) is 4.76. The zero-order chi connectivity index (χ0) is 25.3. The van der Waals surface area contributed by atoms with Gasteiger partial charge in [0.15, 0.2) is 0 Å². The van der Waals surface area contributed by atoms with E-state index in [1.54, 1.807) is 31.2 Å². The third kappa shape index (κ3) is 4.57. The molecule has 0 unspecified atom stereocenters. The second-order valence-electron chi connectivity index (χ2n) is 9.55. The number of anilines is 1. The maximum Gasteiger partial charge on any atom is 0.309 e. The van der Waals surface area contributed by atoms with Gasteiger partial charge in [0.05, 0.1) is 32.3 Å². The Labute approximate surface area is 205 Å². The Kier molecular flexibility index (Phi) is 6.99. The summed E-state index contributed by atoms with van der Waals surface area (Å²) in [6.45, 7) is 4.06. The molecule has 0 radical (unpaired) electrons. The maximum atomic E-state index is 13.7. The molecule has 7 heteroatoms. The summed E-state index contributed by atoms with van der Waals surface area (Å²) in [5.74, 6) is -0.783. The number of nitrogens with zero attached hydrogens (tertiary/aromatic N) is 1. The minimum absolute atomic E-state index is 0.0160. The van der Waals surface area contributed by atoms with Gasteiger partial charge >= 0.3 is 5.97 Å². The van der Waals surface area contributed by atoms with Crippen LogP contribution in [0.5, 0.6) is 5.75 Å². The minimum atomic E-state index is -0.729. The van der Waals surface area contributed by atoms with Gasteiger partial charge in [0.1, 0.15) is 11.6 Å². The van der Waals surface area contributed by atoms with Crippen molar-refractivity contribution in [2.24, 2.45) is 11.8 Å². The molecular weight excluding hydrogens is 449 g/mol. The average molecular weight is 482 g/mol. The third-order valence-electron chi connectivity index (χ3n) is 7.16. The molecule has 35 heavy (non-hydrogen) atoms. The predicted molar refractivity (Wildman–Crippen MR) is 132 cm³/mol. The van der Waals surface area contributed by atoms with Crippen molar-refractivity contribution in [3.05, 3.63) is 65.5 Å². The number of halogens is 1. The SMILES string of the molecule is COC(=O)[C@H]1CC[C@@]2(C=C(c3cc(N(C)C(=O)C(C)C)ccc3OC)CO2)[C@@H]1c1ccc(F)cc1. The molecule has 4 rings (SSSR count). The molecule has 6 nitrogen and oxygen atoms in total. The van der Waals surface area contributed by atoms with Gasteiger partial charge in [-0.1, -0.05) is 26.0 Å². The minimum Gasteiger partial charge on any atom is -0.496 e. The van der Waals surface area contributed by atoms with Crippen LogP contribution < -0.4 is 9.64 Å². The highest BCUT2D eigenvalue weighted by molar-refractivity contribution is 5.95. The van der Waals surface area contributed by atoms with Gasteiger partial charge in [-0.05, 0) is 60.4 Å². The van der Waals surface area contributed by atoms with Gasteiger partial charge < -0.3 is 19.1 Å². The van der Waals surface area contributed by atoms with Crippen LogP contribution in [-0.2, 0) is 19.1 Å². The maximum absolute atomic E-state index is 13.7. The summed E-state index contributed by atoms with van der Waals surface area (Å²) in [5, 5.41) is 0. The zero-order valence-corrected chi connectivity index (χ0v) is 20.8. The number of esters is 1. The molecule has 0 N–H and O–H groups in total. The van der Waals surface area contributed by atoms with E-state index in [4.69, 9.17) is 14.2 Å². The van der Waals surface area contributed by atoms with E-state index < -0.39 is 11.5 Å². The van der Waals surface area contributed by atoms with E-state index in [0.29, 0.717) is 25.2 Å². The molecule has 1 fully saturated rings. The van der Waals surface area contributed by atoms with Gasteiger partial charge in [0.25, 0.3) is 0 Å². The van der Waals surface area contributed by atoms with Gasteiger partial charge in [-0.3, -0.25) is 9.59 Å². The first-order valence-corrected chi connectivity index (χ1v) is 11.9. The lowest BCUT2D eigenvalue weighted by atomic mass is 9.79. The van der Waals surface area contributed by atoms with Crippen LogP contribution in [0.15, 0.2) is 48.5 Å². The van der Waals surface area contributed by atoms with Crippen LogP contribution in [0.25, 0.3) is 5.57 Å². The fourth-order valence-corrected chi connectivity index (χ4v) is 5.37. The number of ether oxygens (including phenoxy) is 3. The Morgan fingerprint density at radius 2 is 1.86 bits per heavy atom. The first kappa shape index (κ1) is 24.9. The van der Waals surface area contributed by atoms with Crippen molar-refractivity contribution in [3.8, 4) is 5.75 Å². The summed E-state index contributed by atoms with van der Waals surface area (Å²) < 4.78 is 30.8.